The first-order valence-electron chi connectivity index (χ1n) is 13.9. The predicted octanol–water partition coefficient (Wildman–Crippen LogP) is 6.42. The highest BCUT2D eigenvalue weighted by molar-refractivity contribution is 7.92. The summed E-state index contributed by atoms with van der Waals surface area (Å²) in [6.07, 6.45) is 5.25. The van der Waals surface area contributed by atoms with Gasteiger partial charge in [-0.15, -0.1) is 0 Å². The number of ether oxygens (including phenoxy) is 1. The average molecular weight is 633 g/mol. The molecule has 3 aromatic carbocycles. The predicted molar refractivity (Wildman–Crippen MR) is 167 cm³/mol. The Hall–Kier alpha value is -3.27. The molecule has 224 valence electrons. The number of halogens is 2. The molecule has 1 unspecified atom stereocenters. The number of hydrogen-bond donors (Lipinski definition) is 1. The molecule has 0 aliphatic heterocycles. The van der Waals surface area contributed by atoms with Crippen molar-refractivity contribution in [3.8, 4) is 11.5 Å². The van der Waals surface area contributed by atoms with Gasteiger partial charge in [-0.05, 0) is 73.4 Å². The van der Waals surface area contributed by atoms with Crippen molar-refractivity contribution in [3.05, 3.63) is 88.4 Å². The normalized spacial score (nSPS) is 14.3. The minimum absolute atomic E-state index is 0.00683. The van der Waals surface area contributed by atoms with Gasteiger partial charge in [0.25, 0.3) is 0 Å². The molecule has 1 fully saturated rings. The van der Waals surface area contributed by atoms with Crippen molar-refractivity contribution in [1.29, 1.82) is 0 Å². The lowest BCUT2D eigenvalue weighted by atomic mass is 10.1. The first-order chi connectivity index (χ1) is 20.0. The molecular formula is C31H35Cl2N3O5S. The van der Waals surface area contributed by atoms with E-state index in [2.05, 4.69) is 5.32 Å². The van der Waals surface area contributed by atoms with Crippen LogP contribution in [0.2, 0.25) is 10.0 Å². The smallest absolute Gasteiger partial charge is 0.244 e. The maximum atomic E-state index is 14.0. The molecular weight excluding hydrogens is 597 g/mol. The van der Waals surface area contributed by atoms with Gasteiger partial charge in [-0.3, -0.25) is 13.9 Å². The molecule has 42 heavy (non-hydrogen) atoms. The third-order valence-corrected chi connectivity index (χ3v) is 8.95. The summed E-state index contributed by atoms with van der Waals surface area (Å²) in [4.78, 5) is 28.8. The molecule has 1 saturated carbocycles. The van der Waals surface area contributed by atoms with Crippen LogP contribution in [0.5, 0.6) is 11.5 Å². The highest BCUT2D eigenvalue weighted by Crippen LogP contribution is 2.28. The van der Waals surface area contributed by atoms with Crippen LogP contribution < -0.4 is 14.4 Å². The van der Waals surface area contributed by atoms with E-state index in [9.17, 15) is 18.0 Å². The maximum Gasteiger partial charge on any atom is 0.244 e. The van der Waals surface area contributed by atoms with Crippen molar-refractivity contribution < 1.29 is 22.7 Å². The highest BCUT2D eigenvalue weighted by Gasteiger charge is 2.33. The van der Waals surface area contributed by atoms with Crippen LogP contribution in [0.15, 0.2) is 72.8 Å². The van der Waals surface area contributed by atoms with Crippen LogP contribution in [0.25, 0.3) is 0 Å². The summed E-state index contributed by atoms with van der Waals surface area (Å²) in [6, 6.07) is 19.8. The van der Waals surface area contributed by atoms with E-state index in [0.29, 0.717) is 39.2 Å². The van der Waals surface area contributed by atoms with Gasteiger partial charge in [0.15, 0.2) is 0 Å². The number of sulfonamides is 1. The molecule has 0 spiro atoms. The monoisotopic (exact) mass is 631 g/mol. The molecule has 0 saturated heterocycles. The molecule has 1 aliphatic rings. The molecule has 0 bridgehead atoms. The van der Waals surface area contributed by atoms with Crippen molar-refractivity contribution in [2.45, 2.75) is 57.7 Å². The molecule has 8 nitrogen and oxygen atoms in total. The van der Waals surface area contributed by atoms with Crippen LogP contribution in [0.3, 0.4) is 0 Å². The van der Waals surface area contributed by atoms with Gasteiger partial charge in [0.1, 0.15) is 24.1 Å². The van der Waals surface area contributed by atoms with Crippen LogP contribution in [0, 0.1) is 0 Å². The number of benzene rings is 3. The van der Waals surface area contributed by atoms with E-state index in [1.807, 2.05) is 37.3 Å². The minimum Gasteiger partial charge on any atom is -0.457 e. The summed E-state index contributed by atoms with van der Waals surface area (Å²) in [5.74, 6) is 0.345. The number of anilines is 1. The summed E-state index contributed by atoms with van der Waals surface area (Å²) >= 11 is 12.5. The molecule has 1 atom stereocenters. The van der Waals surface area contributed by atoms with E-state index < -0.39 is 28.5 Å². The van der Waals surface area contributed by atoms with Crippen molar-refractivity contribution >= 4 is 50.7 Å². The van der Waals surface area contributed by atoms with E-state index in [-0.39, 0.29) is 18.5 Å². The largest absolute Gasteiger partial charge is 0.457 e. The zero-order valence-corrected chi connectivity index (χ0v) is 26.0. The van der Waals surface area contributed by atoms with Crippen LogP contribution in [0.4, 0.5) is 5.69 Å². The molecule has 4 rings (SSSR count). The topological polar surface area (TPSA) is 96.0 Å². The molecule has 1 aliphatic carbocycles. The van der Waals surface area contributed by atoms with Gasteiger partial charge in [0, 0.05) is 22.6 Å². The minimum atomic E-state index is -3.88. The molecule has 0 heterocycles. The Morgan fingerprint density at radius 3 is 2.21 bits per heavy atom. The van der Waals surface area contributed by atoms with Crippen molar-refractivity contribution in [2.75, 3.05) is 17.1 Å². The summed E-state index contributed by atoms with van der Waals surface area (Å²) in [5.41, 5.74) is 0.883. The standard InChI is InChI=1S/C31H35Cl2N3O5S/c1-3-29(31(38)34-24-9-7-8-10-24)35(20-22-13-14-23(32)19-28(22)33)30(37)21-36(42(2,39)40)25-15-17-27(18-16-25)41-26-11-5-4-6-12-26/h4-6,11-19,24,29H,3,7-10,20-21H2,1-2H3,(H,34,38). The van der Waals surface area contributed by atoms with Gasteiger partial charge in [-0.2, -0.15) is 0 Å². The fourth-order valence-corrected chi connectivity index (χ4v) is 6.36. The average Bonchev–Trinajstić information content (AvgIpc) is 3.46. The van der Waals surface area contributed by atoms with E-state index in [1.54, 1.807) is 42.5 Å². The Morgan fingerprint density at radius 2 is 1.62 bits per heavy atom. The molecule has 11 heteroatoms. The first kappa shape index (κ1) is 31.7. The maximum absolute atomic E-state index is 14.0. The fraction of sp³-hybridized carbons (Fsp3) is 0.355. The Kier molecular flexibility index (Phi) is 10.8. The van der Waals surface area contributed by atoms with Crippen LogP contribution in [-0.2, 0) is 26.2 Å². The zero-order chi connectivity index (χ0) is 30.3. The third-order valence-electron chi connectivity index (χ3n) is 7.23. The molecule has 1 N–H and O–H groups in total. The van der Waals surface area contributed by atoms with Crippen molar-refractivity contribution in [3.63, 3.8) is 0 Å². The van der Waals surface area contributed by atoms with E-state index in [4.69, 9.17) is 27.9 Å². The first-order valence-corrected chi connectivity index (χ1v) is 16.5. The van der Waals surface area contributed by atoms with E-state index in [1.165, 1.54) is 4.90 Å². The number of hydrogen-bond acceptors (Lipinski definition) is 5. The van der Waals surface area contributed by atoms with Gasteiger partial charge >= 0.3 is 0 Å². The Bertz CT molecular complexity index is 1480. The lowest BCUT2D eigenvalue weighted by Crippen LogP contribution is -2.53. The Morgan fingerprint density at radius 1 is 0.976 bits per heavy atom. The van der Waals surface area contributed by atoms with E-state index in [0.717, 1.165) is 36.2 Å². The lowest BCUT2D eigenvalue weighted by Gasteiger charge is -2.33. The quantitative estimate of drug-likeness (QED) is 0.249. The number of nitrogens with one attached hydrogen (secondary N) is 1. The SMILES string of the molecule is CCC(C(=O)NC1CCCC1)N(Cc1ccc(Cl)cc1Cl)C(=O)CN(c1ccc(Oc2ccccc2)cc1)S(C)(=O)=O. The van der Waals surface area contributed by atoms with Crippen molar-refractivity contribution in [2.24, 2.45) is 0 Å². The van der Waals surface area contributed by atoms with Crippen LogP contribution >= 0.6 is 23.2 Å². The van der Waals surface area contributed by atoms with Gasteiger partial charge < -0.3 is 15.0 Å². The second kappa shape index (κ2) is 14.3. The second-order valence-electron chi connectivity index (χ2n) is 10.4. The van der Waals surface area contributed by atoms with E-state index >= 15 is 0 Å². The second-order valence-corrected chi connectivity index (χ2v) is 13.1. The number of amides is 2. The summed E-state index contributed by atoms with van der Waals surface area (Å²) < 4.78 is 32.7. The number of nitrogens with zero attached hydrogens (tertiary/aromatic N) is 2. The number of para-hydroxylation sites is 1. The molecule has 0 radical (unpaired) electrons. The fourth-order valence-electron chi connectivity index (χ4n) is 5.04. The molecule has 0 aromatic heterocycles. The lowest BCUT2D eigenvalue weighted by molar-refractivity contribution is -0.140. The number of rotatable bonds is 12. The van der Waals surface area contributed by atoms with Crippen LogP contribution in [-0.4, -0.2) is 50.0 Å². The number of carbonyl (C=O) groups excluding carboxylic acids is 2. The van der Waals surface area contributed by atoms with Gasteiger partial charge in [-0.1, -0.05) is 67.2 Å². The summed E-state index contributed by atoms with van der Waals surface area (Å²) in [6.45, 7) is 1.32. The molecule has 3 aromatic rings. The summed E-state index contributed by atoms with van der Waals surface area (Å²) in [7, 11) is -3.88. The summed E-state index contributed by atoms with van der Waals surface area (Å²) in [5, 5.41) is 3.87. The Labute approximate surface area is 257 Å². The van der Waals surface area contributed by atoms with Gasteiger partial charge in [0.05, 0.1) is 11.9 Å². The highest BCUT2D eigenvalue weighted by atomic mass is 35.5. The zero-order valence-electron chi connectivity index (χ0n) is 23.6. The third kappa shape index (κ3) is 8.40. The number of carbonyl (C=O) groups is 2. The van der Waals surface area contributed by atoms with Crippen LogP contribution in [0.1, 0.15) is 44.6 Å². The van der Waals surface area contributed by atoms with Gasteiger partial charge in [0.2, 0.25) is 21.8 Å². The van der Waals surface area contributed by atoms with Gasteiger partial charge in [-0.25, -0.2) is 8.42 Å². The Balaban J connectivity index is 1.60. The van der Waals surface area contributed by atoms with Crippen molar-refractivity contribution in [1.82, 2.24) is 10.2 Å². The molecule has 2 amide bonds.